The number of hydrogen-bond donors (Lipinski definition) is 1. The molecule has 1 saturated carbocycles. The fourth-order valence-corrected chi connectivity index (χ4v) is 2.85. The monoisotopic (exact) mass is 267 g/mol. The lowest BCUT2D eigenvalue weighted by molar-refractivity contribution is -0.143. The molecule has 0 radical (unpaired) electrons. The van der Waals surface area contributed by atoms with Crippen molar-refractivity contribution >= 4 is 29.2 Å². The molecule has 0 aromatic heterocycles. The molecule has 0 amide bonds. The minimum atomic E-state index is -0.665. The Morgan fingerprint density at radius 1 is 1.25 bits per heavy atom. The predicted octanol–water partition coefficient (Wildman–Crippen LogP) is 2.41. The van der Waals surface area contributed by atoms with E-state index in [9.17, 15) is 4.79 Å². The molecule has 2 atom stereocenters. The highest BCUT2D eigenvalue weighted by molar-refractivity contribution is 6.18. The van der Waals surface area contributed by atoms with Crippen LogP contribution < -0.4 is 0 Å². The molecule has 3 nitrogen and oxygen atoms in total. The molecule has 16 heavy (non-hydrogen) atoms. The van der Waals surface area contributed by atoms with Crippen LogP contribution in [0.3, 0.4) is 0 Å². The van der Waals surface area contributed by atoms with Crippen LogP contribution in [0.4, 0.5) is 0 Å². The zero-order valence-electron chi connectivity index (χ0n) is 9.37. The summed E-state index contributed by atoms with van der Waals surface area (Å²) in [5, 5.41) is 9.03. The van der Waals surface area contributed by atoms with Crippen molar-refractivity contribution in [3.8, 4) is 0 Å². The molecule has 0 aromatic rings. The van der Waals surface area contributed by atoms with E-state index in [0.717, 1.165) is 38.8 Å². The van der Waals surface area contributed by atoms with Gasteiger partial charge in [0.15, 0.2) is 0 Å². The largest absolute Gasteiger partial charge is 0.481 e. The number of halogens is 2. The van der Waals surface area contributed by atoms with Gasteiger partial charge < -0.3 is 5.11 Å². The Morgan fingerprint density at radius 2 is 1.88 bits per heavy atom. The molecular weight excluding hydrogens is 249 g/mol. The maximum atomic E-state index is 11.0. The second kappa shape index (κ2) is 7.36. The summed E-state index contributed by atoms with van der Waals surface area (Å²) in [6, 6.07) is 0.340. The van der Waals surface area contributed by atoms with E-state index < -0.39 is 5.97 Å². The van der Waals surface area contributed by atoms with Crippen LogP contribution >= 0.6 is 23.2 Å². The summed E-state index contributed by atoms with van der Waals surface area (Å²) in [4.78, 5) is 13.2. The SMILES string of the molecule is O=C(O)[C@H]1CCC[C@@H](N(CCCl)CCCl)C1. The Kier molecular flexibility index (Phi) is 6.47. The number of rotatable bonds is 6. The van der Waals surface area contributed by atoms with Gasteiger partial charge in [-0.2, -0.15) is 0 Å². The minimum absolute atomic E-state index is 0.188. The molecule has 0 aliphatic heterocycles. The summed E-state index contributed by atoms with van der Waals surface area (Å²) in [7, 11) is 0. The first-order valence-corrected chi connectivity index (χ1v) is 6.84. The molecule has 1 aliphatic carbocycles. The van der Waals surface area contributed by atoms with Crippen molar-refractivity contribution in [2.75, 3.05) is 24.8 Å². The maximum absolute atomic E-state index is 11.0. The molecule has 1 aliphatic rings. The standard InChI is InChI=1S/C11H19Cl2NO2/c12-4-6-14(7-5-13)10-3-1-2-9(8-10)11(15)16/h9-10H,1-8H2,(H,15,16)/t9-,10+/m0/s1. The molecule has 0 unspecified atom stereocenters. The summed E-state index contributed by atoms with van der Waals surface area (Å²) in [5.41, 5.74) is 0. The minimum Gasteiger partial charge on any atom is -0.481 e. The number of carboxylic acids is 1. The smallest absolute Gasteiger partial charge is 0.306 e. The average molecular weight is 268 g/mol. The van der Waals surface area contributed by atoms with Crippen LogP contribution in [0.2, 0.25) is 0 Å². The van der Waals surface area contributed by atoms with Crippen LogP contribution in [-0.4, -0.2) is 46.9 Å². The average Bonchev–Trinajstić information content (AvgIpc) is 2.29. The van der Waals surface area contributed by atoms with Crippen molar-refractivity contribution in [2.24, 2.45) is 5.92 Å². The maximum Gasteiger partial charge on any atom is 0.306 e. The lowest BCUT2D eigenvalue weighted by atomic mass is 9.85. The zero-order valence-corrected chi connectivity index (χ0v) is 10.9. The van der Waals surface area contributed by atoms with Gasteiger partial charge in [-0.1, -0.05) is 6.42 Å². The fraction of sp³-hybridized carbons (Fsp3) is 0.909. The van der Waals surface area contributed by atoms with E-state index in [1.807, 2.05) is 0 Å². The summed E-state index contributed by atoms with van der Waals surface area (Å²) < 4.78 is 0. The lowest BCUT2D eigenvalue weighted by Gasteiger charge is -2.35. The number of carboxylic acid groups (broad SMARTS) is 1. The van der Waals surface area contributed by atoms with Gasteiger partial charge in [0, 0.05) is 30.9 Å². The van der Waals surface area contributed by atoms with E-state index in [1.54, 1.807) is 0 Å². The molecule has 94 valence electrons. The van der Waals surface area contributed by atoms with E-state index in [4.69, 9.17) is 28.3 Å². The van der Waals surface area contributed by atoms with Gasteiger partial charge >= 0.3 is 5.97 Å². The predicted molar refractivity (Wildman–Crippen MR) is 66.4 cm³/mol. The fourth-order valence-electron chi connectivity index (χ4n) is 2.41. The summed E-state index contributed by atoms with van der Waals surface area (Å²) in [6.45, 7) is 1.59. The highest BCUT2D eigenvalue weighted by Gasteiger charge is 2.29. The molecule has 0 bridgehead atoms. The number of nitrogens with zero attached hydrogens (tertiary/aromatic N) is 1. The summed E-state index contributed by atoms with van der Waals surface area (Å²) in [6.07, 6.45) is 3.60. The number of aliphatic carboxylic acids is 1. The van der Waals surface area contributed by atoms with E-state index >= 15 is 0 Å². The normalized spacial score (nSPS) is 25.9. The van der Waals surface area contributed by atoms with Gasteiger partial charge in [-0.3, -0.25) is 9.69 Å². The molecular formula is C11H19Cl2NO2. The topological polar surface area (TPSA) is 40.5 Å². The van der Waals surface area contributed by atoms with Crippen LogP contribution in [-0.2, 0) is 4.79 Å². The third-order valence-electron chi connectivity index (χ3n) is 3.26. The van der Waals surface area contributed by atoms with Crippen LogP contribution in [0.1, 0.15) is 25.7 Å². The quantitative estimate of drug-likeness (QED) is 0.752. The Labute approximate surface area is 107 Å². The molecule has 0 aromatic carbocycles. The lowest BCUT2D eigenvalue weighted by Crippen LogP contribution is -2.42. The summed E-state index contributed by atoms with van der Waals surface area (Å²) in [5.74, 6) is 0.296. The van der Waals surface area contributed by atoms with Crippen molar-refractivity contribution in [1.29, 1.82) is 0 Å². The van der Waals surface area contributed by atoms with Gasteiger partial charge in [0.25, 0.3) is 0 Å². The molecule has 0 spiro atoms. The van der Waals surface area contributed by atoms with Crippen LogP contribution in [0, 0.1) is 5.92 Å². The zero-order chi connectivity index (χ0) is 12.0. The van der Waals surface area contributed by atoms with E-state index in [2.05, 4.69) is 4.90 Å². The van der Waals surface area contributed by atoms with Gasteiger partial charge in [0.1, 0.15) is 0 Å². The van der Waals surface area contributed by atoms with Crippen molar-refractivity contribution in [1.82, 2.24) is 4.90 Å². The van der Waals surface area contributed by atoms with Crippen molar-refractivity contribution in [3.05, 3.63) is 0 Å². The van der Waals surface area contributed by atoms with Crippen molar-refractivity contribution < 1.29 is 9.90 Å². The molecule has 0 saturated heterocycles. The molecule has 0 heterocycles. The second-order valence-corrected chi connectivity index (χ2v) is 5.03. The van der Waals surface area contributed by atoms with Crippen molar-refractivity contribution in [3.63, 3.8) is 0 Å². The van der Waals surface area contributed by atoms with E-state index in [1.165, 1.54) is 0 Å². The van der Waals surface area contributed by atoms with Gasteiger partial charge in [-0.15, -0.1) is 23.2 Å². The van der Waals surface area contributed by atoms with Gasteiger partial charge in [0.2, 0.25) is 0 Å². The molecule has 5 heteroatoms. The van der Waals surface area contributed by atoms with Gasteiger partial charge in [-0.25, -0.2) is 0 Å². The Balaban J connectivity index is 2.51. The second-order valence-electron chi connectivity index (χ2n) is 4.27. The molecule has 1 fully saturated rings. The highest BCUT2D eigenvalue weighted by atomic mass is 35.5. The first-order valence-electron chi connectivity index (χ1n) is 5.77. The van der Waals surface area contributed by atoms with Crippen LogP contribution in [0.15, 0.2) is 0 Å². The van der Waals surface area contributed by atoms with Gasteiger partial charge in [-0.05, 0) is 19.3 Å². The molecule has 1 N–H and O–H groups in total. The Hall–Kier alpha value is 0.01000. The van der Waals surface area contributed by atoms with Crippen LogP contribution in [0.5, 0.6) is 0 Å². The van der Waals surface area contributed by atoms with E-state index in [0.29, 0.717) is 17.8 Å². The number of hydrogen-bond acceptors (Lipinski definition) is 2. The Morgan fingerprint density at radius 3 is 2.38 bits per heavy atom. The first-order chi connectivity index (χ1) is 7.69. The highest BCUT2D eigenvalue weighted by Crippen LogP contribution is 2.28. The van der Waals surface area contributed by atoms with Crippen LogP contribution in [0.25, 0.3) is 0 Å². The van der Waals surface area contributed by atoms with Gasteiger partial charge in [0.05, 0.1) is 5.92 Å². The number of alkyl halides is 2. The summed E-state index contributed by atoms with van der Waals surface area (Å²) >= 11 is 11.5. The third-order valence-corrected chi connectivity index (χ3v) is 3.59. The third kappa shape index (κ3) is 4.11. The first kappa shape index (κ1) is 14.1. The van der Waals surface area contributed by atoms with E-state index in [-0.39, 0.29) is 5.92 Å². The Bertz CT molecular complexity index is 220. The number of carbonyl (C=O) groups is 1. The molecule has 1 rings (SSSR count). The van der Waals surface area contributed by atoms with Crippen molar-refractivity contribution in [2.45, 2.75) is 31.7 Å².